The Kier molecular flexibility index (Phi) is 3.23. The van der Waals surface area contributed by atoms with Crippen molar-refractivity contribution in [2.75, 3.05) is 13.1 Å². The van der Waals surface area contributed by atoms with E-state index in [-0.39, 0.29) is 5.15 Å². The van der Waals surface area contributed by atoms with Crippen LogP contribution in [0.3, 0.4) is 0 Å². The van der Waals surface area contributed by atoms with Crippen molar-refractivity contribution in [1.29, 1.82) is 0 Å². The second-order valence-corrected chi connectivity index (χ2v) is 5.14. The SMILES string of the molecule is CCN1CCC=C(c2nsnc2Cl)C12OC(=O)C(=O)O2. The van der Waals surface area contributed by atoms with Gasteiger partial charge in [-0.2, -0.15) is 8.75 Å². The molecule has 1 aromatic rings. The highest BCUT2D eigenvalue weighted by Gasteiger charge is 2.57. The molecule has 2 aliphatic rings. The smallest absolute Gasteiger partial charge is 0.395 e. The molecule has 7 nitrogen and oxygen atoms in total. The fraction of sp³-hybridized carbons (Fsp3) is 0.455. The van der Waals surface area contributed by atoms with E-state index in [1.54, 1.807) is 11.0 Å². The second kappa shape index (κ2) is 4.80. The number of nitrogens with zero attached hydrogens (tertiary/aromatic N) is 3. The van der Waals surface area contributed by atoms with Gasteiger partial charge in [-0.15, -0.1) is 0 Å². The van der Waals surface area contributed by atoms with E-state index in [4.69, 9.17) is 21.1 Å². The van der Waals surface area contributed by atoms with Gasteiger partial charge < -0.3 is 9.47 Å². The van der Waals surface area contributed by atoms with E-state index in [1.165, 1.54) is 0 Å². The van der Waals surface area contributed by atoms with Gasteiger partial charge in [0.25, 0.3) is 0 Å². The summed E-state index contributed by atoms with van der Waals surface area (Å²) < 4.78 is 18.4. The molecule has 0 unspecified atom stereocenters. The lowest BCUT2D eigenvalue weighted by atomic mass is 10.0. The average molecular weight is 316 g/mol. The normalized spacial score (nSPS) is 21.8. The zero-order valence-corrected chi connectivity index (χ0v) is 12.0. The van der Waals surface area contributed by atoms with Gasteiger partial charge in [0.15, 0.2) is 5.15 Å². The van der Waals surface area contributed by atoms with Crippen molar-refractivity contribution < 1.29 is 19.1 Å². The highest BCUT2D eigenvalue weighted by molar-refractivity contribution is 6.99. The maximum absolute atomic E-state index is 11.5. The van der Waals surface area contributed by atoms with E-state index in [0.29, 0.717) is 30.8 Å². The number of hydrogen-bond donors (Lipinski definition) is 0. The summed E-state index contributed by atoms with van der Waals surface area (Å²) in [4.78, 5) is 24.7. The number of rotatable bonds is 2. The standard InChI is InChI=1S/C11H10ClN3O4S/c1-2-15-5-3-4-6(7-8(12)14-20-13-7)11(15)18-9(16)10(17)19-11/h4H,2-3,5H2,1H3. The second-order valence-electron chi connectivity index (χ2n) is 4.25. The van der Waals surface area contributed by atoms with Crippen LogP contribution in [0.4, 0.5) is 0 Å². The van der Waals surface area contributed by atoms with Crippen molar-refractivity contribution in [3.05, 3.63) is 16.9 Å². The summed E-state index contributed by atoms with van der Waals surface area (Å²) in [5, 5.41) is 0.192. The van der Waals surface area contributed by atoms with Crippen molar-refractivity contribution >= 4 is 40.8 Å². The van der Waals surface area contributed by atoms with Crippen LogP contribution in [-0.4, -0.2) is 44.6 Å². The highest BCUT2D eigenvalue weighted by Crippen LogP contribution is 2.42. The highest BCUT2D eigenvalue weighted by atomic mass is 35.5. The molecule has 9 heteroatoms. The van der Waals surface area contributed by atoms with E-state index in [0.717, 1.165) is 11.7 Å². The van der Waals surface area contributed by atoms with Gasteiger partial charge in [0, 0.05) is 13.1 Å². The molecule has 3 rings (SSSR count). The first-order valence-electron chi connectivity index (χ1n) is 5.99. The lowest BCUT2D eigenvalue weighted by Crippen LogP contribution is -2.53. The predicted octanol–water partition coefficient (Wildman–Crippen LogP) is 1.05. The molecule has 0 radical (unpaired) electrons. The summed E-state index contributed by atoms with van der Waals surface area (Å²) in [7, 11) is 0. The number of likely N-dealkylation sites (N-methyl/N-ethyl adjacent to an activating group) is 1. The third-order valence-corrected chi connectivity index (χ3v) is 4.11. The molecular formula is C11H10ClN3O4S. The summed E-state index contributed by atoms with van der Waals surface area (Å²) in [6, 6.07) is 0. The molecule has 1 saturated heterocycles. The molecule has 0 atom stereocenters. The van der Waals surface area contributed by atoms with Gasteiger partial charge >= 0.3 is 17.8 Å². The Balaban J connectivity index is 2.12. The minimum Gasteiger partial charge on any atom is -0.395 e. The Bertz CT molecular complexity index is 599. The van der Waals surface area contributed by atoms with E-state index >= 15 is 0 Å². The predicted molar refractivity (Wildman–Crippen MR) is 69.7 cm³/mol. The number of carbonyl (C=O) groups excluding carboxylic acids is 2. The molecule has 0 aliphatic carbocycles. The maximum Gasteiger partial charge on any atom is 0.422 e. The minimum absolute atomic E-state index is 0.192. The van der Waals surface area contributed by atoms with Crippen LogP contribution in [0.5, 0.6) is 0 Å². The topological polar surface area (TPSA) is 81.6 Å². The Morgan fingerprint density at radius 3 is 2.65 bits per heavy atom. The number of ether oxygens (including phenoxy) is 2. The quantitative estimate of drug-likeness (QED) is 0.596. The van der Waals surface area contributed by atoms with Crippen molar-refractivity contribution in [1.82, 2.24) is 13.6 Å². The molecule has 0 N–H and O–H groups in total. The lowest BCUT2D eigenvalue weighted by molar-refractivity contribution is -0.215. The largest absolute Gasteiger partial charge is 0.422 e. The van der Waals surface area contributed by atoms with Crippen LogP contribution in [-0.2, 0) is 19.1 Å². The lowest BCUT2D eigenvalue weighted by Gasteiger charge is -2.39. The Morgan fingerprint density at radius 1 is 1.40 bits per heavy atom. The molecule has 3 heterocycles. The number of hydrogen-bond acceptors (Lipinski definition) is 8. The van der Waals surface area contributed by atoms with Crippen LogP contribution in [0.2, 0.25) is 5.15 Å². The molecule has 2 aliphatic heterocycles. The van der Waals surface area contributed by atoms with Crippen LogP contribution in [0.15, 0.2) is 6.08 Å². The third-order valence-electron chi connectivity index (χ3n) is 3.22. The van der Waals surface area contributed by atoms with Crippen LogP contribution >= 0.6 is 23.3 Å². The van der Waals surface area contributed by atoms with Gasteiger partial charge in [-0.3, -0.25) is 0 Å². The number of aromatic nitrogens is 2. The van der Waals surface area contributed by atoms with Crippen LogP contribution in [0.1, 0.15) is 19.0 Å². The van der Waals surface area contributed by atoms with E-state index in [9.17, 15) is 9.59 Å². The fourth-order valence-electron chi connectivity index (χ4n) is 2.36. The summed E-state index contributed by atoms with van der Waals surface area (Å²) in [5.74, 6) is -3.60. The van der Waals surface area contributed by atoms with Gasteiger partial charge in [-0.1, -0.05) is 24.6 Å². The van der Waals surface area contributed by atoms with Crippen molar-refractivity contribution in [2.45, 2.75) is 19.3 Å². The van der Waals surface area contributed by atoms with Crippen LogP contribution in [0, 0.1) is 0 Å². The first kappa shape index (κ1) is 13.5. The van der Waals surface area contributed by atoms with Gasteiger partial charge in [-0.05, 0) is 6.42 Å². The molecule has 0 bridgehead atoms. The minimum atomic E-state index is -1.57. The zero-order chi connectivity index (χ0) is 14.3. The van der Waals surface area contributed by atoms with E-state index in [2.05, 4.69) is 8.75 Å². The third kappa shape index (κ3) is 1.83. The molecule has 0 aromatic carbocycles. The molecule has 1 aromatic heterocycles. The molecule has 1 fully saturated rings. The Labute approximate surface area is 123 Å². The first-order chi connectivity index (χ1) is 9.58. The van der Waals surface area contributed by atoms with E-state index < -0.39 is 17.8 Å². The number of esters is 2. The Morgan fingerprint density at radius 2 is 2.10 bits per heavy atom. The van der Waals surface area contributed by atoms with Gasteiger partial charge in [0.05, 0.1) is 17.3 Å². The summed E-state index contributed by atoms with van der Waals surface area (Å²) >= 11 is 6.94. The summed E-state index contributed by atoms with van der Waals surface area (Å²) in [6.07, 6.45) is 2.51. The summed E-state index contributed by atoms with van der Waals surface area (Å²) in [6.45, 7) is 3.01. The molecule has 0 amide bonds. The molecule has 106 valence electrons. The molecular weight excluding hydrogens is 306 g/mol. The molecule has 20 heavy (non-hydrogen) atoms. The van der Waals surface area contributed by atoms with Gasteiger partial charge in [-0.25, -0.2) is 14.5 Å². The van der Waals surface area contributed by atoms with Crippen LogP contribution in [0.25, 0.3) is 5.57 Å². The van der Waals surface area contributed by atoms with Gasteiger partial charge in [0.2, 0.25) is 0 Å². The number of carbonyl (C=O) groups is 2. The molecule has 1 spiro atoms. The van der Waals surface area contributed by atoms with E-state index in [1.807, 2.05) is 6.92 Å². The average Bonchev–Trinajstić information content (AvgIpc) is 2.96. The maximum atomic E-state index is 11.5. The first-order valence-corrected chi connectivity index (χ1v) is 7.09. The Hall–Kier alpha value is -1.51. The molecule has 0 saturated carbocycles. The van der Waals surface area contributed by atoms with Crippen molar-refractivity contribution in [3.63, 3.8) is 0 Å². The fourth-order valence-corrected chi connectivity index (χ4v) is 3.11. The monoisotopic (exact) mass is 315 g/mol. The zero-order valence-electron chi connectivity index (χ0n) is 10.5. The van der Waals surface area contributed by atoms with Gasteiger partial charge in [0.1, 0.15) is 5.69 Å². The van der Waals surface area contributed by atoms with Crippen molar-refractivity contribution in [3.8, 4) is 0 Å². The number of halogens is 1. The summed E-state index contributed by atoms with van der Waals surface area (Å²) in [5.41, 5.74) is 0.820. The van der Waals surface area contributed by atoms with Crippen molar-refractivity contribution in [2.24, 2.45) is 0 Å². The van der Waals surface area contributed by atoms with Crippen LogP contribution < -0.4 is 0 Å².